The van der Waals surface area contributed by atoms with Crippen LogP contribution in [0.4, 0.5) is 5.13 Å². The van der Waals surface area contributed by atoms with Crippen LogP contribution in [0.1, 0.15) is 5.69 Å². The maximum atomic E-state index is 12.2. The third-order valence-electron chi connectivity index (χ3n) is 2.80. The molecule has 1 aromatic rings. The van der Waals surface area contributed by atoms with Gasteiger partial charge in [0.2, 0.25) is 5.91 Å². The molecule has 0 saturated carbocycles. The molecular formula is C10H15N3O3S3. The lowest BCUT2D eigenvalue weighted by Gasteiger charge is -2.33. The van der Waals surface area contributed by atoms with Crippen molar-refractivity contribution in [3.63, 3.8) is 0 Å². The summed E-state index contributed by atoms with van der Waals surface area (Å²) in [5.74, 6) is 0.988. The van der Waals surface area contributed by atoms with E-state index in [-0.39, 0.29) is 12.3 Å². The number of thioether (sulfide) groups is 1. The van der Waals surface area contributed by atoms with Crippen LogP contribution in [0.3, 0.4) is 0 Å². The fourth-order valence-corrected chi connectivity index (χ4v) is 5.28. The summed E-state index contributed by atoms with van der Waals surface area (Å²) < 4.78 is 23.4. The number of aromatic nitrogens is 1. The van der Waals surface area contributed by atoms with Gasteiger partial charge < -0.3 is 10.6 Å². The molecule has 0 aromatic carbocycles. The second-order valence-electron chi connectivity index (χ2n) is 4.30. The molecule has 0 radical (unpaired) electrons. The normalized spacial score (nSPS) is 20.5. The van der Waals surface area contributed by atoms with Crippen LogP contribution in [0.2, 0.25) is 0 Å². The molecule has 106 valence electrons. The number of sulfone groups is 1. The number of nitrogens with zero attached hydrogens (tertiary/aromatic N) is 2. The SMILES string of the molecule is CS(=O)(=O)C1CSCCN1C(=O)Cc1csc(N)n1. The van der Waals surface area contributed by atoms with Crippen molar-refractivity contribution in [2.75, 3.05) is 30.0 Å². The maximum Gasteiger partial charge on any atom is 0.229 e. The minimum absolute atomic E-state index is 0.102. The summed E-state index contributed by atoms with van der Waals surface area (Å²) in [6.07, 6.45) is 1.27. The summed E-state index contributed by atoms with van der Waals surface area (Å²) >= 11 is 2.83. The first-order valence-electron chi connectivity index (χ1n) is 5.64. The molecule has 9 heteroatoms. The number of anilines is 1. The third-order valence-corrected chi connectivity index (χ3v) is 6.17. The first-order chi connectivity index (χ1) is 8.88. The first kappa shape index (κ1) is 14.6. The standard InChI is InChI=1S/C10H15N3O3S3/c1-19(15,16)9-6-17-3-2-13(9)8(14)4-7-5-18-10(11)12-7/h5,9H,2-4,6H2,1H3,(H2,11,12). The average molecular weight is 321 g/mol. The highest BCUT2D eigenvalue weighted by atomic mass is 32.2. The number of nitrogen functional groups attached to an aromatic ring is 1. The number of nitrogens with two attached hydrogens (primary N) is 1. The van der Waals surface area contributed by atoms with Gasteiger partial charge in [0.15, 0.2) is 15.0 Å². The van der Waals surface area contributed by atoms with Gasteiger partial charge in [-0.2, -0.15) is 11.8 Å². The molecule has 1 aliphatic heterocycles. The van der Waals surface area contributed by atoms with Crippen molar-refractivity contribution in [2.45, 2.75) is 11.8 Å². The van der Waals surface area contributed by atoms with Crippen molar-refractivity contribution in [3.8, 4) is 0 Å². The number of thiazole rings is 1. The van der Waals surface area contributed by atoms with E-state index in [1.165, 1.54) is 22.5 Å². The molecular weight excluding hydrogens is 306 g/mol. The molecule has 1 unspecified atom stereocenters. The fraction of sp³-hybridized carbons (Fsp3) is 0.600. The number of amides is 1. The van der Waals surface area contributed by atoms with Gasteiger partial charge in [0, 0.05) is 29.7 Å². The number of rotatable bonds is 3. The first-order valence-corrected chi connectivity index (χ1v) is 9.63. The Labute approximate surface area is 120 Å². The summed E-state index contributed by atoms with van der Waals surface area (Å²) in [5.41, 5.74) is 6.11. The average Bonchev–Trinajstić information content (AvgIpc) is 2.73. The Balaban J connectivity index is 2.12. The van der Waals surface area contributed by atoms with Gasteiger partial charge in [-0.1, -0.05) is 0 Å². The second-order valence-corrected chi connectivity index (χ2v) is 8.54. The Kier molecular flexibility index (Phi) is 4.36. The summed E-state index contributed by atoms with van der Waals surface area (Å²) in [4.78, 5) is 17.7. The predicted molar refractivity (Wildman–Crippen MR) is 77.9 cm³/mol. The Morgan fingerprint density at radius 2 is 2.37 bits per heavy atom. The van der Waals surface area contributed by atoms with E-state index < -0.39 is 15.2 Å². The van der Waals surface area contributed by atoms with E-state index >= 15 is 0 Å². The summed E-state index contributed by atoms with van der Waals surface area (Å²) in [7, 11) is -3.27. The van der Waals surface area contributed by atoms with E-state index in [0.717, 1.165) is 5.75 Å². The molecule has 19 heavy (non-hydrogen) atoms. The lowest BCUT2D eigenvalue weighted by Crippen LogP contribution is -2.50. The summed E-state index contributed by atoms with van der Waals surface area (Å²) in [6.45, 7) is 0.459. The van der Waals surface area contributed by atoms with Crippen molar-refractivity contribution in [1.82, 2.24) is 9.88 Å². The molecule has 1 fully saturated rings. The van der Waals surface area contributed by atoms with Gasteiger partial charge in [-0.15, -0.1) is 11.3 Å². The van der Waals surface area contributed by atoms with Crippen molar-refractivity contribution in [1.29, 1.82) is 0 Å². The molecule has 2 heterocycles. The van der Waals surface area contributed by atoms with Gasteiger partial charge in [0.05, 0.1) is 12.1 Å². The molecule has 1 amide bonds. The van der Waals surface area contributed by atoms with Crippen LogP contribution in [-0.4, -0.2) is 53.9 Å². The van der Waals surface area contributed by atoms with E-state index in [2.05, 4.69) is 4.98 Å². The molecule has 0 spiro atoms. The lowest BCUT2D eigenvalue weighted by atomic mass is 10.3. The highest BCUT2D eigenvalue weighted by molar-refractivity contribution is 8.00. The molecule has 1 saturated heterocycles. The van der Waals surface area contributed by atoms with Crippen molar-refractivity contribution in [3.05, 3.63) is 11.1 Å². The fourth-order valence-electron chi connectivity index (χ4n) is 1.88. The lowest BCUT2D eigenvalue weighted by molar-refractivity contribution is -0.130. The summed E-state index contributed by atoms with van der Waals surface area (Å²) in [6, 6.07) is 0. The molecule has 0 bridgehead atoms. The Hall–Kier alpha value is -0.800. The van der Waals surface area contributed by atoms with Gasteiger partial charge in [-0.05, 0) is 0 Å². The van der Waals surface area contributed by atoms with Crippen LogP contribution < -0.4 is 5.73 Å². The topological polar surface area (TPSA) is 93.4 Å². The highest BCUT2D eigenvalue weighted by Crippen LogP contribution is 2.21. The van der Waals surface area contributed by atoms with Gasteiger partial charge in [-0.25, -0.2) is 13.4 Å². The van der Waals surface area contributed by atoms with Crippen LogP contribution in [0.15, 0.2) is 5.38 Å². The van der Waals surface area contributed by atoms with E-state index in [1.54, 1.807) is 17.1 Å². The van der Waals surface area contributed by atoms with Gasteiger partial charge in [0.25, 0.3) is 0 Å². The van der Waals surface area contributed by atoms with Crippen molar-refractivity contribution >= 4 is 44.0 Å². The zero-order valence-electron chi connectivity index (χ0n) is 10.4. The molecule has 6 nitrogen and oxygen atoms in total. The molecule has 1 atom stereocenters. The largest absolute Gasteiger partial charge is 0.375 e. The monoisotopic (exact) mass is 321 g/mol. The Morgan fingerprint density at radius 1 is 1.63 bits per heavy atom. The molecule has 2 rings (SSSR count). The van der Waals surface area contributed by atoms with Crippen molar-refractivity contribution in [2.24, 2.45) is 0 Å². The van der Waals surface area contributed by atoms with Gasteiger partial charge in [0.1, 0.15) is 5.37 Å². The molecule has 2 N–H and O–H groups in total. The minimum atomic E-state index is -3.27. The summed E-state index contributed by atoms with van der Waals surface area (Å²) in [5, 5.41) is 1.41. The third kappa shape index (κ3) is 3.61. The molecule has 0 aliphatic carbocycles. The highest BCUT2D eigenvalue weighted by Gasteiger charge is 2.34. The van der Waals surface area contributed by atoms with Gasteiger partial charge >= 0.3 is 0 Å². The Bertz CT molecular complexity index is 570. The van der Waals surface area contributed by atoms with Crippen LogP contribution in [0, 0.1) is 0 Å². The van der Waals surface area contributed by atoms with E-state index in [4.69, 9.17) is 5.73 Å². The minimum Gasteiger partial charge on any atom is -0.375 e. The number of hydrogen-bond donors (Lipinski definition) is 1. The van der Waals surface area contributed by atoms with E-state index in [9.17, 15) is 13.2 Å². The van der Waals surface area contributed by atoms with Crippen LogP contribution in [0.5, 0.6) is 0 Å². The van der Waals surface area contributed by atoms with Crippen LogP contribution in [-0.2, 0) is 21.1 Å². The second kappa shape index (κ2) is 5.68. The van der Waals surface area contributed by atoms with E-state index in [0.29, 0.717) is 23.1 Å². The van der Waals surface area contributed by atoms with Crippen LogP contribution >= 0.6 is 23.1 Å². The molecule has 1 aliphatic rings. The van der Waals surface area contributed by atoms with E-state index in [1.807, 2.05) is 0 Å². The maximum absolute atomic E-state index is 12.2. The number of hydrogen-bond acceptors (Lipinski definition) is 7. The van der Waals surface area contributed by atoms with Crippen molar-refractivity contribution < 1.29 is 13.2 Å². The van der Waals surface area contributed by atoms with Crippen LogP contribution in [0.25, 0.3) is 0 Å². The smallest absolute Gasteiger partial charge is 0.229 e. The van der Waals surface area contributed by atoms with Gasteiger partial charge in [-0.3, -0.25) is 4.79 Å². The zero-order chi connectivity index (χ0) is 14.0. The predicted octanol–water partition coefficient (Wildman–Crippen LogP) is 0.214. The number of carbonyl (C=O) groups is 1. The number of carbonyl (C=O) groups excluding carboxylic acids is 1. The Morgan fingerprint density at radius 3 is 2.95 bits per heavy atom. The molecule has 1 aromatic heterocycles. The zero-order valence-corrected chi connectivity index (χ0v) is 12.9. The quantitative estimate of drug-likeness (QED) is 0.855.